The van der Waals surface area contributed by atoms with Crippen LogP contribution in [0.15, 0.2) is 53.8 Å². The highest BCUT2D eigenvalue weighted by atomic mass is 32.2. The Morgan fingerprint density at radius 3 is 2.93 bits per heavy atom. The molecule has 7 nitrogen and oxygen atoms in total. The first-order valence-electron chi connectivity index (χ1n) is 9.89. The molecule has 1 amide bonds. The first-order chi connectivity index (χ1) is 14.6. The van der Waals surface area contributed by atoms with Gasteiger partial charge in [-0.1, -0.05) is 23.9 Å². The van der Waals surface area contributed by atoms with Gasteiger partial charge in [0.2, 0.25) is 0 Å². The zero-order chi connectivity index (χ0) is 20.7. The van der Waals surface area contributed by atoms with Crippen LogP contribution in [0.3, 0.4) is 0 Å². The molecule has 1 aromatic carbocycles. The van der Waals surface area contributed by atoms with Gasteiger partial charge in [-0.15, -0.1) is 0 Å². The van der Waals surface area contributed by atoms with Crippen molar-refractivity contribution in [2.24, 2.45) is 10.9 Å². The van der Waals surface area contributed by atoms with Gasteiger partial charge in [0.25, 0.3) is 5.91 Å². The summed E-state index contributed by atoms with van der Waals surface area (Å²) in [6.45, 7) is 0. The number of carboxylic acid groups (broad SMARTS) is 1. The van der Waals surface area contributed by atoms with Crippen molar-refractivity contribution in [2.45, 2.75) is 25.3 Å². The monoisotopic (exact) mass is 420 g/mol. The number of pyridine rings is 1. The van der Waals surface area contributed by atoms with Gasteiger partial charge < -0.3 is 15.0 Å². The predicted octanol–water partition coefficient (Wildman–Crippen LogP) is 3.72. The molecule has 3 aromatic rings. The van der Waals surface area contributed by atoms with Gasteiger partial charge >= 0.3 is 5.97 Å². The summed E-state index contributed by atoms with van der Waals surface area (Å²) >= 11 is 1.29. The molecule has 2 fully saturated rings. The molecular weight excluding hydrogens is 400 g/mol. The van der Waals surface area contributed by atoms with Gasteiger partial charge in [-0.2, -0.15) is 4.99 Å². The number of carbonyl (C=O) groups excluding carboxylic acids is 1. The molecule has 30 heavy (non-hydrogen) atoms. The van der Waals surface area contributed by atoms with E-state index in [1.54, 1.807) is 23.4 Å². The van der Waals surface area contributed by atoms with Crippen LogP contribution < -0.4 is 4.90 Å². The molecule has 1 unspecified atom stereocenters. The molecule has 2 N–H and O–H groups in total. The summed E-state index contributed by atoms with van der Waals surface area (Å²) in [7, 11) is 0. The number of carboxylic acids is 1. The third kappa shape index (κ3) is 3.59. The highest BCUT2D eigenvalue weighted by molar-refractivity contribution is 8.14. The first-order valence-corrected chi connectivity index (χ1v) is 10.9. The number of rotatable bonds is 5. The smallest absolute Gasteiger partial charge is 0.327 e. The van der Waals surface area contributed by atoms with Crippen LogP contribution in [0, 0.1) is 5.92 Å². The molecule has 1 aliphatic heterocycles. The lowest BCUT2D eigenvalue weighted by molar-refractivity contribution is -0.137. The fourth-order valence-electron chi connectivity index (χ4n) is 3.76. The zero-order valence-electron chi connectivity index (χ0n) is 16.1. The Morgan fingerprint density at radius 1 is 1.27 bits per heavy atom. The van der Waals surface area contributed by atoms with Gasteiger partial charge in [-0.05, 0) is 55.0 Å². The number of amidine groups is 1. The van der Waals surface area contributed by atoms with E-state index >= 15 is 0 Å². The summed E-state index contributed by atoms with van der Waals surface area (Å²) in [6.07, 6.45) is 6.75. The Bertz CT molecular complexity index is 1170. The summed E-state index contributed by atoms with van der Waals surface area (Å²) in [5, 5.41) is 10.8. The number of aliphatic carboxylic acids is 1. The largest absolute Gasteiger partial charge is 0.480 e. The summed E-state index contributed by atoms with van der Waals surface area (Å²) in [6, 6.07) is 10.7. The van der Waals surface area contributed by atoms with E-state index in [1.165, 1.54) is 30.2 Å². The van der Waals surface area contributed by atoms with Crippen molar-refractivity contribution in [1.82, 2.24) is 9.97 Å². The number of H-pyrrole nitrogens is 1. The molecule has 2 aromatic heterocycles. The number of fused-ring (bicyclic) bond motifs is 1. The molecule has 152 valence electrons. The van der Waals surface area contributed by atoms with Crippen LogP contribution in [0.25, 0.3) is 11.0 Å². The maximum absolute atomic E-state index is 12.9. The quantitative estimate of drug-likeness (QED) is 0.653. The van der Waals surface area contributed by atoms with Gasteiger partial charge in [-0.25, -0.2) is 9.78 Å². The predicted molar refractivity (Wildman–Crippen MR) is 117 cm³/mol. The number of hydrogen-bond acceptors (Lipinski definition) is 4. The van der Waals surface area contributed by atoms with Crippen molar-refractivity contribution in [3.63, 3.8) is 0 Å². The molecule has 8 heteroatoms. The minimum absolute atomic E-state index is 0.337. The number of amides is 1. The summed E-state index contributed by atoms with van der Waals surface area (Å²) < 4.78 is 0. The number of hydrogen-bond donors (Lipinski definition) is 2. The number of nitrogens with one attached hydrogen (secondary N) is 1. The minimum Gasteiger partial charge on any atom is -0.480 e. The molecule has 0 radical (unpaired) electrons. The van der Waals surface area contributed by atoms with Gasteiger partial charge in [0.05, 0.1) is 5.56 Å². The maximum atomic E-state index is 12.9. The normalized spacial score (nSPS) is 20.2. The molecule has 1 atom stereocenters. The first kappa shape index (κ1) is 18.9. The lowest BCUT2D eigenvalue weighted by Gasteiger charge is -2.23. The second-order valence-corrected chi connectivity index (χ2v) is 8.64. The van der Waals surface area contributed by atoms with Crippen LogP contribution in [-0.2, 0) is 11.2 Å². The number of carbonyl (C=O) groups is 2. The molecule has 3 heterocycles. The summed E-state index contributed by atoms with van der Waals surface area (Å²) in [5.41, 5.74) is 2.99. The van der Waals surface area contributed by atoms with Crippen molar-refractivity contribution in [2.75, 3.05) is 10.7 Å². The minimum atomic E-state index is -0.927. The number of benzene rings is 1. The Hall–Kier alpha value is -3.13. The second-order valence-electron chi connectivity index (χ2n) is 7.65. The standard InChI is InChI=1S/C22H20N4O3S/c27-20(17-11-24-19-16(17)5-2-8-23-19)25-22-26(18(12-30-22)21(28)29)15-4-1-3-14(10-15)9-13-6-7-13/h1-5,8,10-11,13,18H,6-7,9,12H2,(H,23,24)(H,28,29). The topological polar surface area (TPSA) is 98.6 Å². The van der Waals surface area contributed by atoms with E-state index in [-0.39, 0.29) is 0 Å². The molecule has 1 saturated heterocycles. The van der Waals surface area contributed by atoms with Crippen LogP contribution in [0.5, 0.6) is 0 Å². The molecule has 5 rings (SSSR count). The molecule has 2 aliphatic rings. The Balaban J connectivity index is 1.50. The average Bonchev–Trinajstić information content (AvgIpc) is 3.28. The molecular formula is C22H20N4O3S. The highest BCUT2D eigenvalue weighted by Crippen LogP contribution is 2.35. The number of nitrogens with zero attached hydrogens (tertiary/aromatic N) is 3. The Morgan fingerprint density at radius 2 is 2.13 bits per heavy atom. The van der Waals surface area contributed by atoms with Crippen LogP contribution >= 0.6 is 11.8 Å². The van der Waals surface area contributed by atoms with Crippen molar-refractivity contribution < 1.29 is 14.7 Å². The van der Waals surface area contributed by atoms with Gasteiger partial charge in [0, 0.05) is 29.2 Å². The van der Waals surface area contributed by atoms with Crippen LogP contribution in [-0.4, -0.2) is 43.9 Å². The van der Waals surface area contributed by atoms with E-state index < -0.39 is 17.9 Å². The molecule has 0 spiro atoms. The zero-order valence-corrected chi connectivity index (χ0v) is 16.9. The van der Waals surface area contributed by atoms with E-state index in [2.05, 4.69) is 21.0 Å². The van der Waals surface area contributed by atoms with Crippen LogP contribution in [0.4, 0.5) is 5.69 Å². The van der Waals surface area contributed by atoms with Gasteiger partial charge in [0.15, 0.2) is 5.17 Å². The van der Waals surface area contributed by atoms with Crippen molar-refractivity contribution >= 4 is 45.5 Å². The van der Waals surface area contributed by atoms with Crippen LogP contribution in [0.2, 0.25) is 0 Å². The molecule has 1 saturated carbocycles. The number of anilines is 1. The highest BCUT2D eigenvalue weighted by Gasteiger charge is 2.37. The number of aromatic nitrogens is 2. The van der Waals surface area contributed by atoms with Gasteiger partial charge in [-0.3, -0.25) is 4.79 Å². The Labute approximate surface area is 177 Å². The third-order valence-electron chi connectivity index (χ3n) is 5.46. The fraction of sp³-hybridized carbons (Fsp3) is 0.273. The number of aliphatic imine (C=N–C) groups is 1. The van der Waals surface area contributed by atoms with E-state index in [4.69, 9.17) is 0 Å². The molecule has 0 bridgehead atoms. The van der Waals surface area contributed by atoms with Crippen LogP contribution in [0.1, 0.15) is 28.8 Å². The summed E-state index contributed by atoms with van der Waals surface area (Å²) in [4.78, 5) is 38.0. The van der Waals surface area contributed by atoms with E-state index in [0.29, 0.717) is 27.5 Å². The number of thioether (sulfide) groups is 1. The Kier molecular flexibility index (Phi) is 4.78. The molecule has 1 aliphatic carbocycles. The van der Waals surface area contributed by atoms with E-state index in [9.17, 15) is 14.7 Å². The van der Waals surface area contributed by atoms with E-state index in [1.807, 2.05) is 24.3 Å². The fourth-order valence-corrected chi connectivity index (χ4v) is 4.88. The average molecular weight is 420 g/mol. The van der Waals surface area contributed by atoms with Crippen molar-refractivity contribution in [3.8, 4) is 0 Å². The number of aromatic amines is 1. The second kappa shape index (κ2) is 7.60. The van der Waals surface area contributed by atoms with E-state index in [0.717, 1.165) is 18.0 Å². The van der Waals surface area contributed by atoms with Crippen molar-refractivity contribution in [3.05, 3.63) is 59.9 Å². The summed E-state index contributed by atoms with van der Waals surface area (Å²) in [5.74, 6) is -0.274. The third-order valence-corrected chi connectivity index (χ3v) is 6.49. The SMILES string of the molecule is O=C(N=C1SCC(C(=O)O)N1c1cccc(CC2CC2)c1)c1c[nH]c2ncccc12. The lowest BCUT2D eigenvalue weighted by atomic mass is 10.1. The van der Waals surface area contributed by atoms with Crippen molar-refractivity contribution in [1.29, 1.82) is 0 Å². The lowest BCUT2D eigenvalue weighted by Crippen LogP contribution is -2.40. The maximum Gasteiger partial charge on any atom is 0.327 e. The van der Waals surface area contributed by atoms with Gasteiger partial charge in [0.1, 0.15) is 11.7 Å².